The van der Waals surface area contributed by atoms with Gasteiger partial charge in [-0.15, -0.1) is 0 Å². The average molecular weight is 343 g/mol. The number of hydrogen-bond donors (Lipinski definition) is 0. The zero-order chi connectivity index (χ0) is 14.8. The van der Waals surface area contributed by atoms with Crippen LogP contribution in [0.4, 0.5) is 4.39 Å². The third-order valence-electron chi connectivity index (χ3n) is 3.42. The van der Waals surface area contributed by atoms with Crippen molar-refractivity contribution in [2.45, 2.75) is 6.42 Å². The minimum atomic E-state index is -0.411. The van der Waals surface area contributed by atoms with Gasteiger partial charge in [0.1, 0.15) is 5.82 Å². The zero-order valence-electron chi connectivity index (χ0n) is 11.1. The second kappa shape index (κ2) is 5.78. The normalized spacial score (nSPS) is 10.8. The van der Waals surface area contributed by atoms with E-state index < -0.39 is 5.82 Å². The van der Waals surface area contributed by atoms with Gasteiger partial charge in [-0.3, -0.25) is 4.79 Å². The lowest BCUT2D eigenvalue weighted by atomic mass is 9.98. The molecular formula is C18H12BrFO. The van der Waals surface area contributed by atoms with E-state index in [0.29, 0.717) is 10.0 Å². The van der Waals surface area contributed by atoms with Crippen molar-refractivity contribution in [1.82, 2.24) is 0 Å². The van der Waals surface area contributed by atoms with Crippen LogP contribution in [0.25, 0.3) is 10.8 Å². The second-order valence-corrected chi connectivity index (χ2v) is 5.81. The van der Waals surface area contributed by atoms with Crippen molar-refractivity contribution in [2.75, 3.05) is 0 Å². The van der Waals surface area contributed by atoms with Gasteiger partial charge in [0.05, 0.1) is 0 Å². The number of hydrogen-bond acceptors (Lipinski definition) is 1. The molecule has 0 aliphatic rings. The van der Waals surface area contributed by atoms with E-state index in [1.165, 1.54) is 12.1 Å². The SMILES string of the molecule is O=C(Cc1cccc2ccccc12)c1cc(F)cc(Br)c1. The van der Waals surface area contributed by atoms with Gasteiger partial charge in [-0.2, -0.15) is 0 Å². The monoisotopic (exact) mass is 342 g/mol. The summed E-state index contributed by atoms with van der Waals surface area (Å²) in [7, 11) is 0. The molecule has 0 unspecified atom stereocenters. The quantitative estimate of drug-likeness (QED) is 0.600. The van der Waals surface area contributed by atoms with E-state index in [9.17, 15) is 9.18 Å². The fourth-order valence-electron chi connectivity index (χ4n) is 2.44. The molecule has 0 bridgehead atoms. The van der Waals surface area contributed by atoms with Crippen LogP contribution >= 0.6 is 15.9 Å². The maximum Gasteiger partial charge on any atom is 0.167 e. The Morgan fingerprint density at radius 3 is 2.57 bits per heavy atom. The molecule has 3 heteroatoms. The topological polar surface area (TPSA) is 17.1 Å². The molecule has 0 aliphatic heterocycles. The van der Waals surface area contributed by atoms with Gasteiger partial charge in [0, 0.05) is 16.5 Å². The third kappa shape index (κ3) is 3.03. The summed E-state index contributed by atoms with van der Waals surface area (Å²) in [5, 5.41) is 2.16. The van der Waals surface area contributed by atoms with Crippen LogP contribution in [0.2, 0.25) is 0 Å². The van der Waals surface area contributed by atoms with Gasteiger partial charge in [-0.1, -0.05) is 58.4 Å². The average Bonchev–Trinajstić information content (AvgIpc) is 2.46. The Balaban J connectivity index is 1.96. The highest BCUT2D eigenvalue weighted by molar-refractivity contribution is 9.10. The van der Waals surface area contributed by atoms with Crippen LogP contribution in [-0.2, 0) is 6.42 Å². The lowest BCUT2D eigenvalue weighted by molar-refractivity contribution is 0.0993. The molecule has 0 amide bonds. The second-order valence-electron chi connectivity index (χ2n) is 4.90. The molecule has 0 fully saturated rings. The summed E-state index contributed by atoms with van der Waals surface area (Å²) in [5.41, 5.74) is 1.34. The molecule has 21 heavy (non-hydrogen) atoms. The number of fused-ring (bicyclic) bond motifs is 1. The highest BCUT2D eigenvalue weighted by atomic mass is 79.9. The molecule has 0 aliphatic carbocycles. The first-order valence-electron chi connectivity index (χ1n) is 6.59. The minimum absolute atomic E-state index is 0.0912. The van der Waals surface area contributed by atoms with E-state index >= 15 is 0 Å². The molecule has 0 N–H and O–H groups in total. The van der Waals surface area contributed by atoms with Crippen molar-refractivity contribution in [3.05, 3.63) is 82.1 Å². The molecule has 0 heterocycles. The smallest absolute Gasteiger partial charge is 0.167 e. The predicted octanol–water partition coefficient (Wildman–Crippen LogP) is 5.17. The fourth-order valence-corrected chi connectivity index (χ4v) is 2.90. The summed E-state index contributed by atoms with van der Waals surface area (Å²) in [6.45, 7) is 0. The lowest BCUT2D eigenvalue weighted by Crippen LogP contribution is -2.04. The van der Waals surface area contributed by atoms with Crippen LogP contribution < -0.4 is 0 Å². The van der Waals surface area contributed by atoms with Crippen LogP contribution in [0.3, 0.4) is 0 Å². The molecule has 0 radical (unpaired) electrons. The fraction of sp³-hybridized carbons (Fsp3) is 0.0556. The number of carbonyl (C=O) groups is 1. The summed E-state index contributed by atoms with van der Waals surface area (Å²) in [6, 6.07) is 18.1. The van der Waals surface area contributed by atoms with E-state index in [1.807, 2.05) is 42.5 Å². The van der Waals surface area contributed by atoms with E-state index in [1.54, 1.807) is 6.07 Å². The van der Waals surface area contributed by atoms with Gasteiger partial charge < -0.3 is 0 Å². The van der Waals surface area contributed by atoms with Crippen molar-refractivity contribution in [3.63, 3.8) is 0 Å². The number of ketones is 1. The largest absolute Gasteiger partial charge is 0.294 e. The number of benzene rings is 3. The summed E-state index contributed by atoms with van der Waals surface area (Å²) in [4.78, 5) is 12.4. The summed E-state index contributed by atoms with van der Waals surface area (Å²) >= 11 is 3.21. The highest BCUT2D eigenvalue weighted by Gasteiger charge is 2.11. The van der Waals surface area contributed by atoms with Crippen molar-refractivity contribution in [1.29, 1.82) is 0 Å². The number of rotatable bonds is 3. The van der Waals surface area contributed by atoms with E-state index in [2.05, 4.69) is 15.9 Å². The first-order chi connectivity index (χ1) is 10.1. The Kier molecular flexibility index (Phi) is 3.84. The highest BCUT2D eigenvalue weighted by Crippen LogP contribution is 2.21. The van der Waals surface area contributed by atoms with Crippen LogP contribution in [0.5, 0.6) is 0 Å². The van der Waals surface area contributed by atoms with Crippen LogP contribution in [-0.4, -0.2) is 5.78 Å². The van der Waals surface area contributed by atoms with Crippen molar-refractivity contribution >= 4 is 32.5 Å². The van der Waals surface area contributed by atoms with E-state index in [-0.39, 0.29) is 12.2 Å². The summed E-state index contributed by atoms with van der Waals surface area (Å²) in [5.74, 6) is -0.503. The first-order valence-corrected chi connectivity index (χ1v) is 7.39. The molecular weight excluding hydrogens is 331 g/mol. The lowest BCUT2D eigenvalue weighted by Gasteiger charge is -2.07. The van der Waals surface area contributed by atoms with Crippen LogP contribution in [0, 0.1) is 5.82 Å². The molecule has 0 spiro atoms. The molecule has 0 aromatic heterocycles. The van der Waals surface area contributed by atoms with Gasteiger partial charge in [-0.25, -0.2) is 4.39 Å². The summed E-state index contributed by atoms with van der Waals surface area (Å²) in [6.07, 6.45) is 0.261. The Morgan fingerprint density at radius 1 is 1.00 bits per heavy atom. The van der Waals surface area contributed by atoms with Crippen LogP contribution in [0.1, 0.15) is 15.9 Å². The molecule has 0 atom stereocenters. The molecule has 3 aromatic rings. The molecule has 0 saturated carbocycles. The van der Waals surface area contributed by atoms with Gasteiger partial charge in [0.25, 0.3) is 0 Å². The van der Waals surface area contributed by atoms with Crippen molar-refractivity contribution in [3.8, 4) is 0 Å². The van der Waals surface area contributed by atoms with E-state index in [0.717, 1.165) is 16.3 Å². The van der Waals surface area contributed by atoms with Gasteiger partial charge in [-0.05, 0) is 34.5 Å². The van der Waals surface area contributed by atoms with Gasteiger partial charge >= 0.3 is 0 Å². The minimum Gasteiger partial charge on any atom is -0.294 e. The Labute approximate surface area is 130 Å². The van der Waals surface area contributed by atoms with Gasteiger partial charge in [0.15, 0.2) is 5.78 Å². The molecule has 0 saturated heterocycles. The van der Waals surface area contributed by atoms with Crippen molar-refractivity contribution in [2.24, 2.45) is 0 Å². The third-order valence-corrected chi connectivity index (χ3v) is 3.87. The zero-order valence-corrected chi connectivity index (χ0v) is 12.7. The molecule has 3 aromatic carbocycles. The molecule has 1 nitrogen and oxygen atoms in total. The van der Waals surface area contributed by atoms with Gasteiger partial charge in [0.2, 0.25) is 0 Å². The number of halogens is 2. The first kappa shape index (κ1) is 14.0. The number of Topliss-reactive ketones (excluding diaryl/α,β-unsaturated/α-hetero) is 1. The Morgan fingerprint density at radius 2 is 1.76 bits per heavy atom. The van der Waals surface area contributed by atoms with Crippen LogP contribution in [0.15, 0.2) is 65.1 Å². The maximum absolute atomic E-state index is 13.4. The van der Waals surface area contributed by atoms with Crippen molar-refractivity contribution < 1.29 is 9.18 Å². The standard InChI is InChI=1S/C18H12BrFO/c19-15-8-14(9-16(20)11-15)18(21)10-13-6-3-5-12-4-1-2-7-17(12)13/h1-9,11H,10H2. The molecule has 104 valence electrons. The maximum atomic E-state index is 13.4. The predicted molar refractivity (Wildman–Crippen MR) is 86.1 cm³/mol. The number of carbonyl (C=O) groups excluding carboxylic acids is 1. The molecule has 3 rings (SSSR count). The Bertz CT molecular complexity index is 801. The summed E-state index contributed by atoms with van der Waals surface area (Å²) < 4.78 is 14.0. The Hall–Kier alpha value is -2.00. The van der Waals surface area contributed by atoms with E-state index in [4.69, 9.17) is 0 Å².